The highest BCUT2D eigenvalue weighted by Gasteiger charge is 2.12. The molecule has 2 rings (SSSR count). The lowest BCUT2D eigenvalue weighted by molar-refractivity contribution is -0.123. The molecular formula is C13H14N4O4. The Bertz CT molecular complexity index is 636. The number of hydrogen-bond acceptors (Lipinski definition) is 6. The number of nitrogens with one attached hydrogen (secondary N) is 2. The number of oxazole rings is 1. The smallest absolute Gasteiger partial charge is 0.307 e. The van der Waals surface area contributed by atoms with Crippen molar-refractivity contribution in [3.63, 3.8) is 0 Å². The average molecular weight is 290 g/mol. The highest BCUT2D eigenvalue weighted by molar-refractivity contribution is 5.92. The van der Waals surface area contributed by atoms with Crippen LogP contribution in [0.1, 0.15) is 22.1 Å². The van der Waals surface area contributed by atoms with E-state index in [1.165, 1.54) is 12.4 Å². The van der Waals surface area contributed by atoms with Crippen molar-refractivity contribution in [3.05, 3.63) is 41.9 Å². The van der Waals surface area contributed by atoms with Crippen molar-refractivity contribution in [1.29, 1.82) is 0 Å². The van der Waals surface area contributed by atoms with Crippen LogP contribution in [-0.2, 0) is 4.79 Å². The molecule has 110 valence electrons. The second-order valence-electron chi connectivity index (χ2n) is 4.17. The van der Waals surface area contributed by atoms with Crippen LogP contribution in [0.2, 0.25) is 0 Å². The van der Waals surface area contributed by atoms with Crippen LogP contribution in [0.4, 0.5) is 0 Å². The molecule has 0 unspecified atom stereocenters. The molecule has 2 amide bonds. The molecule has 0 bridgehead atoms. The normalized spacial score (nSPS) is 10.0. The Morgan fingerprint density at radius 2 is 2.00 bits per heavy atom. The van der Waals surface area contributed by atoms with Crippen LogP contribution in [0.15, 0.2) is 28.9 Å². The van der Waals surface area contributed by atoms with Crippen molar-refractivity contribution >= 4 is 11.8 Å². The van der Waals surface area contributed by atoms with E-state index < -0.39 is 11.8 Å². The van der Waals surface area contributed by atoms with Crippen molar-refractivity contribution in [1.82, 2.24) is 20.8 Å². The fourth-order valence-corrected chi connectivity index (χ4v) is 1.38. The number of aryl methyl sites for hydroxylation is 2. The van der Waals surface area contributed by atoms with E-state index in [1.54, 1.807) is 19.1 Å². The van der Waals surface area contributed by atoms with Crippen LogP contribution in [0.25, 0.3) is 0 Å². The standard InChI is InChI=1S/C13H14N4O4/c1-8-3-4-10(5-14-8)20-7-12(18)16-17-13(19)11-6-15-9(2)21-11/h3-6H,7H2,1-2H3,(H,16,18)(H,17,19). The molecule has 2 N–H and O–H groups in total. The Morgan fingerprint density at radius 1 is 1.19 bits per heavy atom. The Balaban J connectivity index is 1.74. The van der Waals surface area contributed by atoms with Crippen molar-refractivity contribution in [2.75, 3.05) is 6.61 Å². The summed E-state index contributed by atoms with van der Waals surface area (Å²) in [7, 11) is 0. The van der Waals surface area contributed by atoms with Gasteiger partial charge in [-0.2, -0.15) is 0 Å². The van der Waals surface area contributed by atoms with Gasteiger partial charge in [-0.05, 0) is 19.1 Å². The molecule has 0 aliphatic rings. The fourth-order valence-electron chi connectivity index (χ4n) is 1.38. The van der Waals surface area contributed by atoms with Crippen molar-refractivity contribution in [3.8, 4) is 5.75 Å². The number of hydrogen-bond donors (Lipinski definition) is 2. The molecule has 0 aromatic carbocycles. The molecule has 2 aromatic rings. The minimum Gasteiger partial charge on any atom is -0.482 e. The number of pyridine rings is 1. The minimum atomic E-state index is -0.596. The van der Waals surface area contributed by atoms with Crippen LogP contribution >= 0.6 is 0 Å². The highest BCUT2D eigenvalue weighted by Crippen LogP contribution is 2.07. The summed E-state index contributed by atoms with van der Waals surface area (Å²) in [6.07, 6.45) is 2.78. The van der Waals surface area contributed by atoms with Gasteiger partial charge in [-0.25, -0.2) is 4.98 Å². The van der Waals surface area contributed by atoms with Gasteiger partial charge in [-0.3, -0.25) is 25.4 Å². The summed E-state index contributed by atoms with van der Waals surface area (Å²) < 4.78 is 10.2. The summed E-state index contributed by atoms with van der Waals surface area (Å²) in [6, 6.07) is 3.47. The number of ether oxygens (including phenoxy) is 1. The molecule has 0 fully saturated rings. The molecule has 21 heavy (non-hydrogen) atoms. The van der Waals surface area contributed by atoms with E-state index in [4.69, 9.17) is 9.15 Å². The predicted octanol–water partition coefficient (Wildman–Crippen LogP) is 0.526. The van der Waals surface area contributed by atoms with E-state index in [9.17, 15) is 9.59 Å². The minimum absolute atomic E-state index is 0.0106. The monoisotopic (exact) mass is 290 g/mol. The molecule has 0 aliphatic heterocycles. The number of carbonyl (C=O) groups excluding carboxylic acids is 2. The second-order valence-corrected chi connectivity index (χ2v) is 4.17. The summed E-state index contributed by atoms with van der Waals surface area (Å²) in [5, 5.41) is 0. The molecular weight excluding hydrogens is 276 g/mol. The van der Waals surface area contributed by atoms with Crippen molar-refractivity contribution < 1.29 is 18.7 Å². The maximum atomic E-state index is 11.6. The van der Waals surface area contributed by atoms with Gasteiger partial charge in [-0.1, -0.05) is 0 Å². The maximum absolute atomic E-state index is 11.6. The number of hydrazine groups is 1. The molecule has 8 nitrogen and oxygen atoms in total. The summed E-state index contributed by atoms with van der Waals surface area (Å²) in [5.74, 6) is -0.271. The average Bonchev–Trinajstić information content (AvgIpc) is 2.91. The summed E-state index contributed by atoms with van der Waals surface area (Å²) in [6.45, 7) is 3.20. The third-order valence-corrected chi connectivity index (χ3v) is 2.41. The van der Waals surface area contributed by atoms with Crippen molar-refractivity contribution in [2.45, 2.75) is 13.8 Å². The zero-order valence-electron chi connectivity index (χ0n) is 11.5. The molecule has 0 saturated heterocycles. The van der Waals surface area contributed by atoms with E-state index in [1.807, 2.05) is 6.92 Å². The number of nitrogens with zero attached hydrogens (tertiary/aromatic N) is 2. The molecule has 8 heteroatoms. The first-order valence-corrected chi connectivity index (χ1v) is 6.11. The molecule has 0 aliphatic carbocycles. The topological polar surface area (TPSA) is 106 Å². The van der Waals surface area contributed by atoms with Gasteiger partial charge in [0.1, 0.15) is 5.75 Å². The first-order chi connectivity index (χ1) is 10.0. The Labute approximate surface area is 120 Å². The molecule has 0 spiro atoms. The number of rotatable bonds is 4. The fraction of sp³-hybridized carbons (Fsp3) is 0.231. The van der Waals surface area contributed by atoms with Gasteiger partial charge < -0.3 is 9.15 Å². The SMILES string of the molecule is Cc1ccc(OCC(=O)NNC(=O)c2cnc(C)o2)cn1. The van der Waals surface area contributed by atoms with E-state index in [0.29, 0.717) is 11.6 Å². The van der Waals surface area contributed by atoms with Crippen LogP contribution < -0.4 is 15.6 Å². The largest absolute Gasteiger partial charge is 0.482 e. The van der Waals surface area contributed by atoms with Crippen LogP contribution in [0.5, 0.6) is 5.75 Å². The molecule has 2 heterocycles. The third-order valence-electron chi connectivity index (χ3n) is 2.41. The molecule has 0 saturated carbocycles. The van der Waals surface area contributed by atoms with Crippen LogP contribution in [0, 0.1) is 13.8 Å². The summed E-state index contributed by atoms with van der Waals surface area (Å²) in [5.41, 5.74) is 5.24. The van der Waals surface area contributed by atoms with Gasteiger partial charge in [0.15, 0.2) is 12.5 Å². The van der Waals surface area contributed by atoms with Crippen LogP contribution in [0.3, 0.4) is 0 Å². The van der Waals surface area contributed by atoms with E-state index in [-0.39, 0.29) is 12.4 Å². The number of amides is 2. The predicted molar refractivity (Wildman–Crippen MR) is 71.3 cm³/mol. The zero-order chi connectivity index (χ0) is 15.2. The quantitative estimate of drug-likeness (QED) is 0.795. The molecule has 0 atom stereocenters. The van der Waals surface area contributed by atoms with Crippen LogP contribution in [-0.4, -0.2) is 28.4 Å². The third kappa shape index (κ3) is 4.30. The van der Waals surface area contributed by atoms with Gasteiger partial charge in [0.25, 0.3) is 5.91 Å². The lowest BCUT2D eigenvalue weighted by Crippen LogP contribution is -2.43. The Hall–Kier alpha value is -2.90. The lowest BCUT2D eigenvalue weighted by Gasteiger charge is -2.07. The first-order valence-electron chi connectivity index (χ1n) is 6.11. The van der Waals surface area contributed by atoms with E-state index in [0.717, 1.165) is 5.69 Å². The van der Waals surface area contributed by atoms with Gasteiger partial charge in [0, 0.05) is 12.6 Å². The number of carbonyl (C=O) groups is 2. The second kappa shape index (κ2) is 6.51. The van der Waals surface area contributed by atoms with Gasteiger partial charge in [-0.15, -0.1) is 0 Å². The zero-order valence-corrected chi connectivity index (χ0v) is 11.5. The molecule has 2 aromatic heterocycles. The van der Waals surface area contributed by atoms with E-state index >= 15 is 0 Å². The summed E-state index contributed by atoms with van der Waals surface area (Å²) in [4.78, 5) is 30.9. The highest BCUT2D eigenvalue weighted by atomic mass is 16.5. The summed E-state index contributed by atoms with van der Waals surface area (Å²) >= 11 is 0. The number of aromatic nitrogens is 2. The Kier molecular flexibility index (Phi) is 4.50. The van der Waals surface area contributed by atoms with Gasteiger partial charge >= 0.3 is 5.91 Å². The Morgan fingerprint density at radius 3 is 2.62 bits per heavy atom. The van der Waals surface area contributed by atoms with E-state index in [2.05, 4.69) is 20.8 Å². The van der Waals surface area contributed by atoms with Gasteiger partial charge in [0.2, 0.25) is 5.76 Å². The lowest BCUT2D eigenvalue weighted by atomic mass is 10.4. The maximum Gasteiger partial charge on any atom is 0.307 e. The van der Waals surface area contributed by atoms with Crippen molar-refractivity contribution in [2.24, 2.45) is 0 Å². The van der Waals surface area contributed by atoms with Gasteiger partial charge in [0.05, 0.1) is 12.4 Å². The first kappa shape index (κ1) is 14.5. The molecule has 0 radical (unpaired) electrons.